The maximum absolute atomic E-state index is 7.37. The van der Waals surface area contributed by atoms with Crippen molar-refractivity contribution in [2.75, 3.05) is 0 Å². The number of hydrogen-bond donors (Lipinski definition) is 0. The summed E-state index contributed by atoms with van der Waals surface area (Å²) in [7, 11) is 0. The number of benzene rings is 2. The van der Waals surface area contributed by atoms with Crippen molar-refractivity contribution in [1.29, 1.82) is 0 Å². The number of rotatable bonds is 3. The minimum atomic E-state index is -2.13. The van der Waals surface area contributed by atoms with Crippen LogP contribution in [0.15, 0.2) is 110 Å². The molecule has 4 heteroatoms. The average molecular weight is 595 g/mol. The Morgan fingerprint density at radius 1 is 0.656 bits per heavy atom. The summed E-state index contributed by atoms with van der Waals surface area (Å²) >= 11 is 0. The van der Waals surface area contributed by atoms with E-state index in [0.29, 0.717) is 5.69 Å². The number of nitrogens with zero attached hydrogens (tertiary/aromatic N) is 3. The third-order valence-corrected chi connectivity index (χ3v) is 4.45. The molecule has 0 N–H and O–H groups in total. The van der Waals surface area contributed by atoms with Gasteiger partial charge in [-0.3, -0.25) is 4.98 Å². The van der Waals surface area contributed by atoms with Crippen LogP contribution in [0.25, 0.3) is 33.8 Å². The predicted octanol–water partition coefficient (Wildman–Crippen LogP) is 6.47. The number of aryl methyl sites for hydroxylation is 1. The van der Waals surface area contributed by atoms with E-state index in [4.69, 9.17) is 4.11 Å². The quantitative estimate of drug-likeness (QED) is 0.225. The second-order valence-corrected chi connectivity index (χ2v) is 6.63. The molecule has 1 radical (unpaired) electrons. The van der Waals surface area contributed by atoms with Crippen molar-refractivity contribution in [2.45, 2.75) is 6.85 Å². The van der Waals surface area contributed by atoms with Crippen LogP contribution in [-0.2, 0) is 20.1 Å². The molecule has 5 rings (SSSR count). The van der Waals surface area contributed by atoms with Gasteiger partial charge in [0.25, 0.3) is 0 Å². The van der Waals surface area contributed by atoms with E-state index in [0.717, 1.165) is 28.1 Å². The zero-order valence-corrected chi connectivity index (χ0v) is 19.5. The Labute approximate surface area is 206 Å². The van der Waals surface area contributed by atoms with E-state index < -0.39 is 6.85 Å². The SMILES string of the molecule is [2H]C([2H])([2H])c1ccc(-c2ccnc(-c3[c-]cccc3)c2)nc1.[Ir].[c-]1ccccc1-c1ccccn1. The second kappa shape index (κ2) is 11.8. The van der Waals surface area contributed by atoms with Crippen LogP contribution in [0.4, 0.5) is 0 Å². The van der Waals surface area contributed by atoms with Crippen molar-refractivity contribution in [3.8, 4) is 33.8 Å². The third-order valence-electron chi connectivity index (χ3n) is 4.45. The topological polar surface area (TPSA) is 38.7 Å². The van der Waals surface area contributed by atoms with Crippen molar-refractivity contribution in [2.24, 2.45) is 0 Å². The van der Waals surface area contributed by atoms with E-state index in [2.05, 4.69) is 27.1 Å². The van der Waals surface area contributed by atoms with Crippen LogP contribution >= 0.6 is 0 Å². The van der Waals surface area contributed by atoms with E-state index in [1.165, 1.54) is 6.20 Å². The van der Waals surface area contributed by atoms with Gasteiger partial charge in [-0.2, -0.15) is 0 Å². The van der Waals surface area contributed by atoms with Gasteiger partial charge < -0.3 is 9.97 Å². The van der Waals surface area contributed by atoms with Gasteiger partial charge in [0.15, 0.2) is 0 Å². The van der Waals surface area contributed by atoms with E-state index in [1.807, 2.05) is 78.9 Å². The molecule has 0 aliphatic rings. The molecule has 0 atom stereocenters. The molecule has 0 saturated carbocycles. The van der Waals surface area contributed by atoms with E-state index >= 15 is 0 Å². The molecule has 0 saturated heterocycles. The molecule has 0 unspecified atom stereocenters. The fourth-order valence-corrected chi connectivity index (χ4v) is 2.93. The molecule has 0 bridgehead atoms. The monoisotopic (exact) mass is 595 g/mol. The van der Waals surface area contributed by atoms with Gasteiger partial charge >= 0.3 is 0 Å². The van der Waals surface area contributed by atoms with Gasteiger partial charge in [-0.05, 0) is 47.6 Å². The van der Waals surface area contributed by atoms with Crippen molar-refractivity contribution < 1.29 is 24.2 Å². The van der Waals surface area contributed by atoms with Crippen LogP contribution in [0.5, 0.6) is 0 Å². The summed E-state index contributed by atoms with van der Waals surface area (Å²) in [6.07, 6.45) is 4.90. The number of pyridine rings is 3. The molecule has 3 nitrogen and oxygen atoms in total. The summed E-state index contributed by atoms with van der Waals surface area (Å²) in [4.78, 5) is 12.8. The smallest absolute Gasteiger partial charge is 0.0695 e. The molecular weight excluding hydrogens is 571 g/mol. The Morgan fingerprint density at radius 2 is 1.38 bits per heavy atom. The molecular formula is C28H21IrN3-2. The van der Waals surface area contributed by atoms with Crippen LogP contribution in [0.3, 0.4) is 0 Å². The maximum atomic E-state index is 7.37. The van der Waals surface area contributed by atoms with Gasteiger partial charge in [0, 0.05) is 42.8 Å². The Hall–Kier alpha value is -3.46. The van der Waals surface area contributed by atoms with Gasteiger partial charge in [-0.15, -0.1) is 71.8 Å². The minimum absolute atomic E-state index is 0. The fourth-order valence-electron chi connectivity index (χ4n) is 2.93. The predicted molar refractivity (Wildman–Crippen MR) is 125 cm³/mol. The molecule has 0 aliphatic carbocycles. The van der Waals surface area contributed by atoms with Crippen molar-refractivity contribution in [3.63, 3.8) is 0 Å². The van der Waals surface area contributed by atoms with Crippen LogP contribution in [0.1, 0.15) is 9.68 Å². The molecule has 0 aliphatic heterocycles. The first kappa shape index (κ1) is 19.2. The largest absolute Gasteiger partial charge is 0.305 e. The Balaban J connectivity index is 0.000000223. The Kier molecular flexibility index (Phi) is 7.10. The summed E-state index contributed by atoms with van der Waals surface area (Å²) in [5.41, 5.74) is 5.56. The first-order valence-corrected chi connectivity index (χ1v) is 9.79. The summed E-state index contributed by atoms with van der Waals surface area (Å²) < 4.78 is 22.1. The standard InChI is InChI=1S/C17H13N2.C11H8N.Ir/c1-13-7-8-16(19-12-13)15-9-10-18-17(11-15)14-5-3-2-4-6-14;1-2-6-10(7-3-1)11-8-4-5-9-12-11;/h2-5,7-12H,1H3;1-6,8-9H;/q2*-1;/i1D3;;. The van der Waals surface area contributed by atoms with Crippen molar-refractivity contribution in [1.82, 2.24) is 15.0 Å². The van der Waals surface area contributed by atoms with Gasteiger partial charge in [-0.25, -0.2) is 0 Å². The van der Waals surface area contributed by atoms with Gasteiger partial charge in [0.1, 0.15) is 0 Å². The molecule has 32 heavy (non-hydrogen) atoms. The van der Waals surface area contributed by atoms with Crippen LogP contribution in [0, 0.1) is 19.0 Å². The summed E-state index contributed by atoms with van der Waals surface area (Å²) in [5.74, 6) is 0. The molecule has 0 amide bonds. The summed E-state index contributed by atoms with van der Waals surface area (Å²) in [6.45, 7) is -2.13. The van der Waals surface area contributed by atoms with Gasteiger partial charge in [0.2, 0.25) is 0 Å². The van der Waals surface area contributed by atoms with E-state index in [9.17, 15) is 0 Å². The normalized spacial score (nSPS) is 11.6. The maximum Gasteiger partial charge on any atom is 0.0695 e. The molecule has 3 heterocycles. The molecule has 2 aromatic carbocycles. The first-order chi connectivity index (χ1) is 16.5. The van der Waals surface area contributed by atoms with Gasteiger partial charge in [-0.1, -0.05) is 24.3 Å². The molecule has 3 aromatic heterocycles. The van der Waals surface area contributed by atoms with E-state index in [-0.39, 0.29) is 25.7 Å². The van der Waals surface area contributed by atoms with Gasteiger partial charge in [0.05, 0.1) is 5.69 Å². The second-order valence-electron chi connectivity index (χ2n) is 6.63. The molecule has 0 spiro atoms. The third kappa shape index (κ3) is 6.27. The van der Waals surface area contributed by atoms with E-state index in [1.54, 1.807) is 24.5 Å². The average Bonchev–Trinajstić information content (AvgIpc) is 2.90. The number of aromatic nitrogens is 3. The van der Waals surface area contributed by atoms with Crippen LogP contribution in [-0.4, -0.2) is 15.0 Å². The molecule has 159 valence electrons. The van der Waals surface area contributed by atoms with Crippen molar-refractivity contribution >= 4 is 0 Å². The summed E-state index contributed by atoms with van der Waals surface area (Å²) in [6, 6.07) is 34.6. The first-order valence-electron chi connectivity index (χ1n) is 11.3. The van der Waals surface area contributed by atoms with Crippen LogP contribution in [0.2, 0.25) is 0 Å². The molecule has 5 aromatic rings. The zero-order valence-electron chi connectivity index (χ0n) is 20.1. The Morgan fingerprint density at radius 3 is 1.97 bits per heavy atom. The van der Waals surface area contributed by atoms with Crippen molar-refractivity contribution in [3.05, 3.63) is 127 Å². The number of hydrogen-bond acceptors (Lipinski definition) is 3. The minimum Gasteiger partial charge on any atom is -0.305 e. The molecule has 0 fully saturated rings. The van der Waals surface area contributed by atoms with Crippen LogP contribution < -0.4 is 0 Å². The Bertz CT molecular complexity index is 1280. The zero-order chi connectivity index (χ0) is 23.8. The fraction of sp³-hybridized carbons (Fsp3) is 0.0357. The summed E-state index contributed by atoms with van der Waals surface area (Å²) in [5, 5.41) is 0.